The standard InChI is InChI=1S/C11H20O10/c12-1-4-6(14)7(15)8(16)9(21-4)20-3-11(18)5(13)2-19-10(11)17/h4-10,12-18H,1-3H2/t4-,5-,6+,7+,8-,9-,10-,11+/m1/s1. The summed E-state index contributed by atoms with van der Waals surface area (Å²) in [5.74, 6) is 0. The third kappa shape index (κ3) is 3.05. The van der Waals surface area contributed by atoms with Gasteiger partial charge in [0.1, 0.15) is 30.5 Å². The van der Waals surface area contributed by atoms with Gasteiger partial charge in [-0.3, -0.25) is 0 Å². The summed E-state index contributed by atoms with van der Waals surface area (Å²) in [6, 6.07) is 0. The number of aliphatic hydroxyl groups is 7. The first-order chi connectivity index (χ1) is 9.81. The number of hydrogen-bond acceptors (Lipinski definition) is 10. The van der Waals surface area contributed by atoms with Crippen molar-refractivity contribution in [2.24, 2.45) is 0 Å². The van der Waals surface area contributed by atoms with Gasteiger partial charge in [0.25, 0.3) is 0 Å². The van der Waals surface area contributed by atoms with Crippen LogP contribution in [0.4, 0.5) is 0 Å². The molecule has 7 N–H and O–H groups in total. The number of aliphatic hydroxyl groups excluding tert-OH is 6. The van der Waals surface area contributed by atoms with E-state index in [4.69, 9.17) is 14.6 Å². The van der Waals surface area contributed by atoms with Gasteiger partial charge in [-0.05, 0) is 0 Å². The molecule has 2 rings (SSSR count). The monoisotopic (exact) mass is 312 g/mol. The molecule has 0 aromatic carbocycles. The van der Waals surface area contributed by atoms with Crippen LogP contribution in [0.5, 0.6) is 0 Å². The van der Waals surface area contributed by atoms with E-state index >= 15 is 0 Å². The van der Waals surface area contributed by atoms with Crippen molar-refractivity contribution in [3.63, 3.8) is 0 Å². The van der Waals surface area contributed by atoms with Crippen molar-refractivity contribution in [2.45, 2.75) is 48.7 Å². The van der Waals surface area contributed by atoms with Crippen molar-refractivity contribution in [1.29, 1.82) is 0 Å². The predicted octanol–water partition coefficient (Wildman–Crippen LogP) is -4.76. The van der Waals surface area contributed by atoms with Crippen LogP contribution in [0, 0.1) is 0 Å². The highest BCUT2D eigenvalue weighted by Gasteiger charge is 2.51. The molecular weight excluding hydrogens is 292 g/mol. The van der Waals surface area contributed by atoms with Crippen LogP contribution >= 0.6 is 0 Å². The Kier molecular flexibility index (Phi) is 5.15. The maximum Gasteiger partial charge on any atom is 0.188 e. The summed E-state index contributed by atoms with van der Waals surface area (Å²) in [5, 5.41) is 67.0. The first kappa shape index (κ1) is 17.0. The second-order valence-corrected chi connectivity index (χ2v) is 5.20. The molecule has 0 spiro atoms. The molecule has 0 aromatic rings. The van der Waals surface area contributed by atoms with Crippen LogP contribution in [0.15, 0.2) is 0 Å². The van der Waals surface area contributed by atoms with E-state index in [0.29, 0.717) is 0 Å². The Morgan fingerprint density at radius 2 is 1.71 bits per heavy atom. The maximum atomic E-state index is 10.0. The van der Waals surface area contributed by atoms with Crippen molar-refractivity contribution in [1.82, 2.24) is 0 Å². The van der Waals surface area contributed by atoms with Gasteiger partial charge in [0.15, 0.2) is 18.2 Å². The summed E-state index contributed by atoms with van der Waals surface area (Å²) in [7, 11) is 0. The van der Waals surface area contributed by atoms with E-state index in [0.717, 1.165) is 0 Å². The molecule has 2 heterocycles. The van der Waals surface area contributed by atoms with Crippen molar-refractivity contribution in [3.05, 3.63) is 0 Å². The first-order valence-corrected chi connectivity index (χ1v) is 6.43. The van der Waals surface area contributed by atoms with Crippen LogP contribution < -0.4 is 0 Å². The number of hydrogen-bond donors (Lipinski definition) is 7. The Hall–Kier alpha value is -0.400. The minimum atomic E-state index is -2.11. The van der Waals surface area contributed by atoms with Gasteiger partial charge in [-0.25, -0.2) is 0 Å². The Morgan fingerprint density at radius 3 is 2.24 bits per heavy atom. The van der Waals surface area contributed by atoms with Crippen LogP contribution in [0.1, 0.15) is 0 Å². The fourth-order valence-corrected chi connectivity index (χ4v) is 2.22. The second-order valence-electron chi connectivity index (χ2n) is 5.20. The van der Waals surface area contributed by atoms with Gasteiger partial charge in [-0.2, -0.15) is 0 Å². The number of rotatable bonds is 4. The lowest BCUT2D eigenvalue weighted by Crippen LogP contribution is -2.60. The number of ether oxygens (including phenoxy) is 3. The molecule has 8 atom stereocenters. The van der Waals surface area contributed by atoms with E-state index in [2.05, 4.69) is 4.74 Å². The fraction of sp³-hybridized carbons (Fsp3) is 1.00. The Balaban J connectivity index is 1.99. The van der Waals surface area contributed by atoms with E-state index in [1.54, 1.807) is 0 Å². The first-order valence-electron chi connectivity index (χ1n) is 6.43. The zero-order valence-electron chi connectivity index (χ0n) is 11.0. The molecule has 10 heteroatoms. The minimum absolute atomic E-state index is 0.296. The predicted molar refractivity (Wildman–Crippen MR) is 62.6 cm³/mol. The van der Waals surface area contributed by atoms with Crippen molar-refractivity contribution >= 4 is 0 Å². The highest BCUT2D eigenvalue weighted by atomic mass is 16.7. The Morgan fingerprint density at radius 1 is 1.05 bits per heavy atom. The summed E-state index contributed by atoms with van der Waals surface area (Å²) in [5.41, 5.74) is -2.11. The van der Waals surface area contributed by atoms with Crippen molar-refractivity contribution in [3.8, 4) is 0 Å². The molecule has 0 bridgehead atoms. The van der Waals surface area contributed by atoms with Crippen LogP contribution in [-0.4, -0.2) is 104 Å². The largest absolute Gasteiger partial charge is 0.394 e. The molecule has 2 fully saturated rings. The van der Waals surface area contributed by atoms with Crippen LogP contribution in [0.2, 0.25) is 0 Å². The fourth-order valence-electron chi connectivity index (χ4n) is 2.22. The Labute approximate surface area is 119 Å². The Bertz CT molecular complexity index is 340. The average molecular weight is 312 g/mol. The zero-order valence-corrected chi connectivity index (χ0v) is 11.0. The molecule has 0 amide bonds. The summed E-state index contributed by atoms with van der Waals surface area (Å²) in [4.78, 5) is 0. The van der Waals surface area contributed by atoms with E-state index < -0.39 is 61.9 Å². The summed E-state index contributed by atoms with van der Waals surface area (Å²) in [6.45, 7) is -1.57. The van der Waals surface area contributed by atoms with Crippen LogP contribution in [0.3, 0.4) is 0 Å². The summed E-state index contributed by atoms with van der Waals surface area (Å²) < 4.78 is 14.8. The minimum Gasteiger partial charge on any atom is -0.394 e. The molecule has 0 aromatic heterocycles. The third-order valence-electron chi connectivity index (χ3n) is 3.74. The zero-order chi connectivity index (χ0) is 15.8. The molecule has 2 aliphatic heterocycles. The molecule has 2 saturated heterocycles. The lowest BCUT2D eigenvalue weighted by Gasteiger charge is -2.40. The van der Waals surface area contributed by atoms with Crippen molar-refractivity contribution < 1.29 is 50.0 Å². The van der Waals surface area contributed by atoms with Gasteiger partial charge in [-0.15, -0.1) is 0 Å². The smallest absolute Gasteiger partial charge is 0.188 e. The van der Waals surface area contributed by atoms with Crippen molar-refractivity contribution in [2.75, 3.05) is 19.8 Å². The van der Waals surface area contributed by atoms with E-state index in [1.807, 2.05) is 0 Å². The van der Waals surface area contributed by atoms with E-state index in [-0.39, 0.29) is 6.61 Å². The maximum absolute atomic E-state index is 10.0. The topological polar surface area (TPSA) is 169 Å². The molecule has 0 aliphatic carbocycles. The highest BCUT2D eigenvalue weighted by molar-refractivity contribution is 4.95. The van der Waals surface area contributed by atoms with Gasteiger partial charge >= 0.3 is 0 Å². The molecule has 0 unspecified atom stereocenters. The normalized spacial score (nSPS) is 51.3. The molecule has 10 nitrogen and oxygen atoms in total. The molecule has 0 saturated carbocycles. The quantitative estimate of drug-likeness (QED) is 0.267. The molecule has 21 heavy (non-hydrogen) atoms. The third-order valence-corrected chi connectivity index (χ3v) is 3.74. The second kappa shape index (κ2) is 6.38. The molecule has 2 aliphatic rings. The van der Waals surface area contributed by atoms with Gasteiger partial charge in [0.05, 0.1) is 19.8 Å². The summed E-state index contributed by atoms with van der Waals surface area (Å²) in [6.07, 6.45) is -10.5. The average Bonchev–Trinajstić information content (AvgIpc) is 2.72. The summed E-state index contributed by atoms with van der Waals surface area (Å²) >= 11 is 0. The van der Waals surface area contributed by atoms with E-state index in [9.17, 15) is 30.6 Å². The molecular formula is C11H20O10. The van der Waals surface area contributed by atoms with Gasteiger partial charge < -0.3 is 50.0 Å². The van der Waals surface area contributed by atoms with E-state index in [1.165, 1.54) is 0 Å². The van der Waals surface area contributed by atoms with Gasteiger partial charge in [0.2, 0.25) is 0 Å². The lowest BCUT2D eigenvalue weighted by atomic mass is 9.98. The molecule has 124 valence electrons. The molecule has 0 radical (unpaired) electrons. The highest BCUT2D eigenvalue weighted by Crippen LogP contribution is 2.28. The van der Waals surface area contributed by atoms with Gasteiger partial charge in [0, 0.05) is 0 Å². The SMILES string of the molecule is OC[C@H]1O[C@@H](OC[C@]2(O)[C@H](O)CO[C@H]2O)[C@H](O)[C@@H](O)[C@H]1O. The lowest BCUT2D eigenvalue weighted by molar-refractivity contribution is -0.316. The van der Waals surface area contributed by atoms with Gasteiger partial charge in [-0.1, -0.05) is 0 Å². The van der Waals surface area contributed by atoms with Crippen LogP contribution in [0.25, 0.3) is 0 Å². The van der Waals surface area contributed by atoms with Crippen LogP contribution in [-0.2, 0) is 14.2 Å².